The molecule has 3 heteroatoms. The third-order valence-corrected chi connectivity index (χ3v) is 2.37. The van der Waals surface area contributed by atoms with Gasteiger partial charge in [-0.3, -0.25) is 4.48 Å². The molecule has 0 saturated heterocycles. The molecule has 0 aliphatic rings. The molecule has 12 heavy (non-hydrogen) atoms. The summed E-state index contributed by atoms with van der Waals surface area (Å²) < 4.78 is 5.73. The largest absolute Gasteiger partial charge is 0.321 e. The lowest BCUT2D eigenvalue weighted by molar-refractivity contribution is -0.979. The minimum absolute atomic E-state index is 0.358. The molecule has 0 fully saturated rings. The highest BCUT2D eigenvalue weighted by Crippen LogP contribution is 2.11. The minimum atomic E-state index is -0.704. The van der Waals surface area contributed by atoms with Crippen LogP contribution in [0.4, 0.5) is 0 Å². The maximum atomic E-state index is 9.63. The fourth-order valence-corrected chi connectivity index (χ4v) is 0.670. The topological polar surface area (TPSA) is 29.5 Å². The van der Waals surface area contributed by atoms with Gasteiger partial charge in [0.05, 0.1) is 26.7 Å². The quantitative estimate of drug-likeness (QED) is 0.503. The molecule has 0 heterocycles. The first-order valence-electron chi connectivity index (χ1n) is 4.56. The number of hydrogen-bond acceptors (Lipinski definition) is 2. The molecule has 1 N–H and O–H groups in total. The normalized spacial score (nSPS) is 15.2. The molecule has 0 radical (unpaired) electrons. The predicted octanol–water partition coefficient (Wildman–Crippen LogP) is 1.17. The molecule has 0 aromatic rings. The van der Waals surface area contributed by atoms with E-state index in [0.29, 0.717) is 17.1 Å². The van der Waals surface area contributed by atoms with Crippen LogP contribution in [-0.2, 0) is 4.74 Å². The summed E-state index contributed by atoms with van der Waals surface area (Å²) >= 11 is 0. The highest BCUT2D eigenvalue weighted by atomic mass is 16.6. The van der Waals surface area contributed by atoms with Crippen molar-refractivity contribution in [3.63, 3.8) is 0 Å². The molecule has 0 rings (SSSR count). The molecule has 74 valence electrons. The molecule has 0 spiro atoms. The van der Waals surface area contributed by atoms with E-state index in [9.17, 15) is 5.11 Å². The molecule has 0 aromatic heterocycles. The first-order chi connectivity index (χ1) is 5.42. The highest BCUT2D eigenvalue weighted by Gasteiger charge is 2.29. The smallest absolute Gasteiger partial charge is 0.306 e. The van der Waals surface area contributed by atoms with E-state index in [2.05, 4.69) is 13.8 Å². The fourth-order valence-electron chi connectivity index (χ4n) is 0.670. The lowest BCUT2D eigenvalue weighted by Crippen LogP contribution is -2.54. The van der Waals surface area contributed by atoms with Crippen molar-refractivity contribution >= 4 is 0 Å². The first-order valence-corrected chi connectivity index (χ1v) is 4.56. The molecule has 0 aliphatic heterocycles. The first kappa shape index (κ1) is 11.9. The molecule has 0 aromatic carbocycles. The Labute approximate surface area is 75.5 Å². The maximum absolute atomic E-state index is 9.63. The number of ether oxygens (including phenoxy) is 1. The number of aliphatic hydroxyl groups excluding tert-OH is 1. The summed E-state index contributed by atoms with van der Waals surface area (Å²) in [5.74, 6) is 0. The number of hydrogen-bond donors (Lipinski definition) is 1. The van der Waals surface area contributed by atoms with Crippen molar-refractivity contribution in [1.82, 2.24) is 0 Å². The summed E-state index contributed by atoms with van der Waals surface area (Å²) in [5.41, 5.74) is 0. The van der Waals surface area contributed by atoms with Crippen molar-refractivity contribution in [1.29, 1.82) is 0 Å². The fraction of sp³-hybridized carbons (Fsp3) is 1.00. The molecule has 3 nitrogen and oxygen atoms in total. The van der Waals surface area contributed by atoms with E-state index in [0.717, 1.165) is 6.42 Å². The van der Waals surface area contributed by atoms with Crippen LogP contribution in [0, 0.1) is 0 Å². The molecule has 1 unspecified atom stereocenters. The summed E-state index contributed by atoms with van der Waals surface area (Å²) in [4.78, 5) is 0. The molecule has 0 aliphatic carbocycles. The number of aliphatic hydroxyl groups is 1. The zero-order valence-corrected chi connectivity index (χ0v) is 8.87. The second kappa shape index (κ2) is 4.80. The van der Waals surface area contributed by atoms with Crippen molar-refractivity contribution in [3.8, 4) is 0 Å². The second-order valence-corrected chi connectivity index (χ2v) is 3.92. The Bertz CT molecular complexity index is 124. The molecule has 0 bridgehead atoms. The van der Waals surface area contributed by atoms with Crippen LogP contribution in [-0.4, -0.2) is 42.7 Å². The molecule has 0 amide bonds. The molecule has 0 saturated carbocycles. The minimum Gasteiger partial charge on any atom is -0.321 e. The van der Waals surface area contributed by atoms with Gasteiger partial charge >= 0.3 is 6.41 Å². The number of nitrogens with zero attached hydrogens (tertiary/aromatic N) is 1. The van der Waals surface area contributed by atoms with Gasteiger partial charge in [-0.05, 0) is 20.3 Å². The van der Waals surface area contributed by atoms with Gasteiger partial charge < -0.3 is 9.84 Å². The summed E-state index contributed by atoms with van der Waals surface area (Å²) in [6.45, 7) is 6.79. The van der Waals surface area contributed by atoms with Gasteiger partial charge in [0.2, 0.25) is 0 Å². The summed E-state index contributed by atoms with van der Waals surface area (Å²) in [6.07, 6.45) is 0.236. The average molecular weight is 176 g/mol. The van der Waals surface area contributed by atoms with E-state index >= 15 is 0 Å². The predicted molar refractivity (Wildman–Crippen MR) is 49.5 cm³/mol. The lowest BCUT2D eigenvalue weighted by atomic mass is 10.3. The van der Waals surface area contributed by atoms with Gasteiger partial charge in [-0.2, -0.15) is 0 Å². The standard InChI is InChI=1S/C9H22NO2/c1-6-7-12-9(11)10(4,5)8(2)3/h8-9,11H,6-7H2,1-5H3/q+1. The maximum Gasteiger partial charge on any atom is 0.306 e. The van der Waals surface area contributed by atoms with Crippen molar-refractivity contribution in [2.45, 2.75) is 39.6 Å². The van der Waals surface area contributed by atoms with Crippen LogP contribution in [0.1, 0.15) is 27.2 Å². The van der Waals surface area contributed by atoms with E-state index in [1.165, 1.54) is 0 Å². The molecular weight excluding hydrogens is 154 g/mol. The zero-order chi connectivity index (χ0) is 9.78. The third kappa shape index (κ3) is 3.09. The Morgan fingerprint density at radius 3 is 2.17 bits per heavy atom. The van der Waals surface area contributed by atoms with Crippen LogP contribution in [0.5, 0.6) is 0 Å². The van der Waals surface area contributed by atoms with Gasteiger partial charge in [0.25, 0.3) is 0 Å². The van der Waals surface area contributed by atoms with Crippen LogP contribution in [0.2, 0.25) is 0 Å². The van der Waals surface area contributed by atoms with Crippen LogP contribution < -0.4 is 0 Å². The average Bonchev–Trinajstić information content (AvgIpc) is 1.99. The second-order valence-electron chi connectivity index (χ2n) is 3.92. The monoisotopic (exact) mass is 176 g/mol. The van der Waals surface area contributed by atoms with E-state index < -0.39 is 6.41 Å². The van der Waals surface area contributed by atoms with E-state index in [4.69, 9.17) is 4.74 Å². The highest BCUT2D eigenvalue weighted by molar-refractivity contribution is 4.38. The Kier molecular flexibility index (Phi) is 4.75. The van der Waals surface area contributed by atoms with Crippen LogP contribution in [0.25, 0.3) is 0 Å². The van der Waals surface area contributed by atoms with Gasteiger partial charge in [-0.1, -0.05) is 6.92 Å². The van der Waals surface area contributed by atoms with Gasteiger partial charge in [0, 0.05) is 0 Å². The Hall–Kier alpha value is -0.120. The summed E-state index contributed by atoms with van der Waals surface area (Å²) in [6, 6.07) is 0.358. The molecule has 1 atom stereocenters. The van der Waals surface area contributed by atoms with Gasteiger partial charge in [0.15, 0.2) is 0 Å². The molecular formula is C9H22NO2+. The van der Waals surface area contributed by atoms with Crippen molar-refractivity contribution in [2.75, 3.05) is 20.7 Å². The van der Waals surface area contributed by atoms with E-state index in [1.807, 2.05) is 21.0 Å². The number of rotatable bonds is 5. The number of quaternary nitrogens is 1. The van der Waals surface area contributed by atoms with Crippen LogP contribution >= 0.6 is 0 Å². The SMILES string of the molecule is CCCOC(O)[N+](C)(C)C(C)C. The Morgan fingerprint density at radius 1 is 1.33 bits per heavy atom. The van der Waals surface area contributed by atoms with Crippen LogP contribution in [0.15, 0.2) is 0 Å². The Morgan fingerprint density at radius 2 is 1.83 bits per heavy atom. The van der Waals surface area contributed by atoms with Gasteiger partial charge in [-0.25, -0.2) is 0 Å². The lowest BCUT2D eigenvalue weighted by Gasteiger charge is -2.37. The van der Waals surface area contributed by atoms with Gasteiger partial charge in [0.1, 0.15) is 0 Å². The van der Waals surface area contributed by atoms with Crippen molar-refractivity contribution < 1.29 is 14.3 Å². The van der Waals surface area contributed by atoms with Crippen molar-refractivity contribution in [3.05, 3.63) is 0 Å². The summed E-state index contributed by atoms with van der Waals surface area (Å²) in [5, 5.41) is 9.63. The van der Waals surface area contributed by atoms with E-state index in [1.54, 1.807) is 0 Å². The summed E-state index contributed by atoms with van der Waals surface area (Å²) in [7, 11) is 3.93. The van der Waals surface area contributed by atoms with Gasteiger partial charge in [-0.15, -0.1) is 0 Å². The zero-order valence-electron chi connectivity index (χ0n) is 8.87. The van der Waals surface area contributed by atoms with Crippen molar-refractivity contribution in [2.24, 2.45) is 0 Å². The Balaban J connectivity index is 3.97. The van der Waals surface area contributed by atoms with E-state index in [-0.39, 0.29) is 0 Å². The third-order valence-electron chi connectivity index (χ3n) is 2.37. The van der Waals surface area contributed by atoms with Crippen LogP contribution in [0.3, 0.4) is 0 Å².